The van der Waals surface area contributed by atoms with Gasteiger partial charge in [-0.1, -0.05) is 0 Å². The minimum atomic E-state index is -0.590. The van der Waals surface area contributed by atoms with Crippen molar-refractivity contribution < 1.29 is 9.90 Å². The molecule has 2 rings (SSSR count). The third-order valence-corrected chi connectivity index (χ3v) is 4.05. The van der Waals surface area contributed by atoms with E-state index < -0.39 is 6.10 Å². The van der Waals surface area contributed by atoms with Crippen LogP contribution in [0.1, 0.15) is 30.9 Å². The van der Waals surface area contributed by atoms with Crippen molar-refractivity contribution in [2.45, 2.75) is 25.4 Å². The Morgan fingerprint density at radius 3 is 2.89 bits per heavy atom. The van der Waals surface area contributed by atoms with Gasteiger partial charge in [-0.2, -0.15) is 11.3 Å². The third kappa shape index (κ3) is 5.48. The molecule has 1 saturated heterocycles. The number of amides is 1. The highest BCUT2D eigenvalue weighted by atomic mass is 35.5. The summed E-state index contributed by atoms with van der Waals surface area (Å²) in [6, 6.07) is 1.88. The maximum atomic E-state index is 11.7. The van der Waals surface area contributed by atoms with E-state index >= 15 is 0 Å². The maximum Gasteiger partial charge on any atom is 0.220 e. The second kappa shape index (κ2) is 8.53. The van der Waals surface area contributed by atoms with E-state index in [-0.39, 0.29) is 18.3 Å². The van der Waals surface area contributed by atoms with E-state index in [1.165, 1.54) is 0 Å². The van der Waals surface area contributed by atoms with Crippen LogP contribution in [0.3, 0.4) is 0 Å². The summed E-state index contributed by atoms with van der Waals surface area (Å²) in [6.45, 7) is 2.32. The largest absolute Gasteiger partial charge is 0.387 e. The van der Waals surface area contributed by atoms with Crippen LogP contribution in [0.4, 0.5) is 0 Å². The van der Waals surface area contributed by atoms with Gasteiger partial charge in [0.15, 0.2) is 0 Å². The molecule has 0 spiro atoms. The van der Waals surface area contributed by atoms with Gasteiger partial charge in [0, 0.05) is 13.0 Å². The number of carbonyl (C=O) groups is 1. The molecule has 0 radical (unpaired) electrons. The molecule has 6 heteroatoms. The van der Waals surface area contributed by atoms with Crippen molar-refractivity contribution in [3.63, 3.8) is 0 Å². The van der Waals surface area contributed by atoms with Crippen molar-refractivity contribution in [2.75, 3.05) is 19.6 Å². The first-order chi connectivity index (χ1) is 8.75. The second-order valence-corrected chi connectivity index (χ2v) is 5.55. The lowest BCUT2D eigenvalue weighted by Crippen LogP contribution is -2.33. The number of piperidine rings is 1. The highest BCUT2D eigenvalue weighted by Crippen LogP contribution is 2.17. The van der Waals surface area contributed by atoms with Crippen LogP contribution >= 0.6 is 23.7 Å². The Morgan fingerprint density at radius 2 is 2.26 bits per heavy atom. The van der Waals surface area contributed by atoms with E-state index in [0.29, 0.717) is 18.9 Å². The van der Waals surface area contributed by atoms with Crippen LogP contribution < -0.4 is 10.6 Å². The van der Waals surface area contributed by atoms with Gasteiger partial charge in [-0.05, 0) is 54.2 Å². The molecule has 1 aliphatic rings. The Bertz CT molecular complexity index is 367. The van der Waals surface area contributed by atoms with E-state index in [1.807, 2.05) is 16.8 Å². The lowest BCUT2D eigenvalue weighted by atomic mass is 9.94. The van der Waals surface area contributed by atoms with Crippen LogP contribution in [0.25, 0.3) is 0 Å². The molecule has 0 saturated carbocycles. The molecule has 2 heterocycles. The minimum absolute atomic E-state index is 0. The summed E-state index contributed by atoms with van der Waals surface area (Å²) in [6.07, 6.45) is 2.13. The van der Waals surface area contributed by atoms with Gasteiger partial charge in [0.05, 0.1) is 6.10 Å². The number of rotatable bonds is 5. The lowest BCUT2D eigenvalue weighted by molar-refractivity contribution is -0.122. The Balaban J connectivity index is 0.00000180. The molecule has 3 N–H and O–H groups in total. The Hall–Kier alpha value is -0.620. The molecule has 1 aromatic heterocycles. The minimum Gasteiger partial charge on any atom is -0.387 e. The molecule has 1 aromatic rings. The number of hydrogen-bond donors (Lipinski definition) is 3. The SMILES string of the molecule is Cl.O=C(CC1CCNCC1)NCC(O)c1ccsc1. The van der Waals surface area contributed by atoms with Crippen LogP contribution in [0.15, 0.2) is 16.8 Å². The van der Waals surface area contributed by atoms with Crippen LogP contribution in [0.5, 0.6) is 0 Å². The highest BCUT2D eigenvalue weighted by molar-refractivity contribution is 7.07. The molecule has 108 valence electrons. The first-order valence-electron chi connectivity index (χ1n) is 6.43. The molecule has 1 aliphatic heterocycles. The van der Waals surface area contributed by atoms with Crippen LogP contribution in [-0.2, 0) is 4.79 Å². The maximum absolute atomic E-state index is 11.7. The Labute approximate surface area is 124 Å². The summed E-state index contributed by atoms with van der Waals surface area (Å²) in [5, 5.41) is 19.8. The average Bonchev–Trinajstić information content (AvgIpc) is 2.91. The van der Waals surface area contributed by atoms with E-state index in [0.717, 1.165) is 31.5 Å². The number of hydrogen-bond acceptors (Lipinski definition) is 4. The van der Waals surface area contributed by atoms with Gasteiger partial charge in [-0.25, -0.2) is 0 Å². The molecule has 1 atom stereocenters. The molecule has 0 aliphatic carbocycles. The topological polar surface area (TPSA) is 61.4 Å². The van der Waals surface area contributed by atoms with Gasteiger partial charge < -0.3 is 15.7 Å². The van der Waals surface area contributed by atoms with Crippen molar-refractivity contribution in [3.05, 3.63) is 22.4 Å². The van der Waals surface area contributed by atoms with E-state index in [9.17, 15) is 9.90 Å². The molecule has 0 bridgehead atoms. The first kappa shape index (κ1) is 16.4. The summed E-state index contributed by atoms with van der Waals surface area (Å²) in [5.41, 5.74) is 0.877. The van der Waals surface area contributed by atoms with Crippen molar-refractivity contribution in [1.82, 2.24) is 10.6 Å². The summed E-state index contributed by atoms with van der Waals surface area (Å²) >= 11 is 1.55. The number of halogens is 1. The molecule has 1 amide bonds. The predicted octanol–water partition coefficient (Wildman–Crippen LogP) is 1.71. The standard InChI is InChI=1S/C13H20N2O2S.ClH/c16-12(11-3-6-18-9-11)8-15-13(17)7-10-1-4-14-5-2-10;/h3,6,9-10,12,14,16H,1-2,4-5,7-8H2,(H,15,17);1H. The number of aliphatic hydroxyl groups excluding tert-OH is 1. The van der Waals surface area contributed by atoms with Crippen LogP contribution in [-0.4, -0.2) is 30.6 Å². The van der Waals surface area contributed by atoms with Gasteiger partial charge in [-0.3, -0.25) is 4.79 Å². The number of thiophene rings is 1. The van der Waals surface area contributed by atoms with Gasteiger partial charge in [0.25, 0.3) is 0 Å². The fourth-order valence-electron chi connectivity index (χ4n) is 2.21. The van der Waals surface area contributed by atoms with Gasteiger partial charge in [0.1, 0.15) is 0 Å². The predicted molar refractivity (Wildman–Crippen MR) is 79.7 cm³/mol. The van der Waals surface area contributed by atoms with Crippen molar-refractivity contribution in [1.29, 1.82) is 0 Å². The Morgan fingerprint density at radius 1 is 1.53 bits per heavy atom. The fraction of sp³-hybridized carbons (Fsp3) is 0.615. The second-order valence-electron chi connectivity index (χ2n) is 4.77. The molecular formula is C13H21ClN2O2S. The van der Waals surface area contributed by atoms with Crippen molar-refractivity contribution >= 4 is 29.7 Å². The van der Waals surface area contributed by atoms with Crippen molar-refractivity contribution in [3.8, 4) is 0 Å². The smallest absolute Gasteiger partial charge is 0.220 e. The normalized spacial score (nSPS) is 17.5. The number of nitrogens with one attached hydrogen (secondary N) is 2. The monoisotopic (exact) mass is 304 g/mol. The molecule has 1 fully saturated rings. The van der Waals surface area contributed by atoms with Crippen molar-refractivity contribution in [2.24, 2.45) is 5.92 Å². The zero-order chi connectivity index (χ0) is 12.8. The van der Waals surface area contributed by atoms with Gasteiger partial charge in [-0.15, -0.1) is 12.4 Å². The summed E-state index contributed by atoms with van der Waals surface area (Å²) < 4.78 is 0. The van der Waals surface area contributed by atoms with Gasteiger partial charge >= 0.3 is 0 Å². The highest BCUT2D eigenvalue weighted by Gasteiger charge is 2.17. The summed E-state index contributed by atoms with van der Waals surface area (Å²) in [4.78, 5) is 11.7. The van der Waals surface area contributed by atoms with Gasteiger partial charge in [0.2, 0.25) is 5.91 Å². The fourth-order valence-corrected chi connectivity index (χ4v) is 2.92. The number of aliphatic hydroxyl groups is 1. The number of carbonyl (C=O) groups excluding carboxylic acids is 1. The zero-order valence-corrected chi connectivity index (χ0v) is 12.4. The first-order valence-corrected chi connectivity index (χ1v) is 7.37. The average molecular weight is 305 g/mol. The van der Waals surface area contributed by atoms with E-state index in [2.05, 4.69) is 10.6 Å². The quantitative estimate of drug-likeness (QED) is 0.776. The molecule has 19 heavy (non-hydrogen) atoms. The lowest BCUT2D eigenvalue weighted by Gasteiger charge is -2.22. The molecule has 4 nitrogen and oxygen atoms in total. The van der Waals surface area contributed by atoms with Crippen LogP contribution in [0, 0.1) is 5.92 Å². The van der Waals surface area contributed by atoms with E-state index in [1.54, 1.807) is 11.3 Å². The Kier molecular flexibility index (Phi) is 7.38. The van der Waals surface area contributed by atoms with Crippen LogP contribution in [0.2, 0.25) is 0 Å². The summed E-state index contributed by atoms with van der Waals surface area (Å²) in [7, 11) is 0. The molecule has 1 unspecified atom stereocenters. The van der Waals surface area contributed by atoms with E-state index in [4.69, 9.17) is 0 Å². The summed E-state index contributed by atoms with van der Waals surface area (Å²) in [5.74, 6) is 0.542. The third-order valence-electron chi connectivity index (χ3n) is 3.35. The molecule has 0 aromatic carbocycles. The zero-order valence-electron chi connectivity index (χ0n) is 10.8. The molecular weight excluding hydrogens is 284 g/mol.